The summed E-state index contributed by atoms with van der Waals surface area (Å²) in [6.07, 6.45) is 5.25. The fourth-order valence-corrected chi connectivity index (χ4v) is 2.90. The summed E-state index contributed by atoms with van der Waals surface area (Å²) in [6.45, 7) is -0.390. The zero-order chi connectivity index (χ0) is 16.8. The van der Waals surface area contributed by atoms with Crippen LogP contribution in [0.5, 0.6) is 0 Å². The third-order valence-electron chi connectivity index (χ3n) is 3.68. The van der Waals surface area contributed by atoms with Gasteiger partial charge < -0.3 is 10.1 Å². The van der Waals surface area contributed by atoms with E-state index in [0.717, 1.165) is 31.7 Å². The summed E-state index contributed by atoms with van der Waals surface area (Å²) in [5, 5.41) is 13.7. The Bertz CT molecular complexity index is 614. The Hall–Kier alpha value is -1.96. The van der Waals surface area contributed by atoms with E-state index in [0.29, 0.717) is 0 Å². The molecule has 1 saturated carbocycles. The molecule has 0 saturated heterocycles. The van der Waals surface area contributed by atoms with Gasteiger partial charge in [0.2, 0.25) is 0 Å². The normalized spacial score (nSPS) is 15.0. The van der Waals surface area contributed by atoms with Gasteiger partial charge in [-0.1, -0.05) is 19.3 Å². The number of amides is 1. The van der Waals surface area contributed by atoms with Crippen LogP contribution in [0.4, 0.5) is 5.69 Å². The molecule has 1 fully saturated rings. The van der Waals surface area contributed by atoms with Crippen molar-refractivity contribution in [1.29, 1.82) is 0 Å². The second kappa shape index (κ2) is 8.05. The second-order valence-electron chi connectivity index (χ2n) is 5.40. The lowest BCUT2D eigenvalue weighted by atomic mass is 9.95. The highest BCUT2D eigenvalue weighted by molar-refractivity contribution is 9.10. The Morgan fingerprint density at radius 1 is 1.30 bits per heavy atom. The molecule has 0 spiro atoms. The first-order valence-electron chi connectivity index (χ1n) is 7.38. The largest absolute Gasteiger partial charge is 0.452 e. The van der Waals surface area contributed by atoms with Gasteiger partial charge in [0.05, 0.1) is 15.0 Å². The number of carbonyl (C=O) groups is 2. The van der Waals surface area contributed by atoms with Crippen LogP contribution in [0.3, 0.4) is 0 Å². The molecule has 1 aliphatic rings. The number of hydrogen-bond donors (Lipinski definition) is 1. The van der Waals surface area contributed by atoms with Crippen molar-refractivity contribution in [3.63, 3.8) is 0 Å². The van der Waals surface area contributed by atoms with Crippen LogP contribution in [0.2, 0.25) is 0 Å². The minimum Gasteiger partial charge on any atom is -0.452 e. The van der Waals surface area contributed by atoms with E-state index in [2.05, 4.69) is 21.2 Å². The number of carbonyl (C=O) groups excluding carboxylic acids is 2. The van der Waals surface area contributed by atoms with Crippen LogP contribution in [0.15, 0.2) is 22.7 Å². The molecule has 7 nitrogen and oxygen atoms in total. The molecular formula is C15H17BrN2O5. The van der Waals surface area contributed by atoms with Gasteiger partial charge in [-0.05, 0) is 40.9 Å². The van der Waals surface area contributed by atoms with E-state index < -0.39 is 10.9 Å². The van der Waals surface area contributed by atoms with Crippen molar-refractivity contribution < 1.29 is 19.2 Å². The number of nitro groups is 1. The number of nitrogens with one attached hydrogen (secondary N) is 1. The summed E-state index contributed by atoms with van der Waals surface area (Å²) in [5.41, 5.74) is -0.198. The molecule has 23 heavy (non-hydrogen) atoms. The summed E-state index contributed by atoms with van der Waals surface area (Å²) < 4.78 is 5.19. The number of nitro benzene ring substituents is 1. The third-order valence-corrected chi connectivity index (χ3v) is 4.35. The molecular weight excluding hydrogens is 368 g/mol. The van der Waals surface area contributed by atoms with Gasteiger partial charge in [0.1, 0.15) is 0 Å². The minimum atomic E-state index is -0.764. The molecule has 0 bridgehead atoms. The summed E-state index contributed by atoms with van der Waals surface area (Å²) in [7, 11) is 0. The Labute approximate surface area is 141 Å². The highest BCUT2D eigenvalue weighted by Crippen LogP contribution is 2.25. The molecule has 0 heterocycles. The number of hydrogen-bond acceptors (Lipinski definition) is 5. The van der Waals surface area contributed by atoms with Gasteiger partial charge in [-0.15, -0.1) is 0 Å². The Balaban J connectivity index is 1.88. The number of halogens is 1. The van der Waals surface area contributed by atoms with E-state index in [9.17, 15) is 19.7 Å². The topological polar surface area (TPSA) is 98.5 Å². The van der Waals surface area contributed by atoms with Crippen LogP contribution in [0.25, 0.3) is 0 Å². The average Bonchev–Trinajstić information content (AvgIpc) is 2.53. The predicted octanol–water partition coefficient (Wildman–Crippen LogP) is 2.96. The van der Waals surface area contributed by atoms with Crippen molar-refractivity contribution in [2.75, 3.05) is 6.61 Å². The van der Waals surface area contributed by atoms with Gasteiger partial charge in [-0.2, -0.15) is 0 Å². The second-order valence-corrected chi connectivity index (χ2v) is 6.26. The van der Waals surface area contributed by atoms with Crippen LogP contribution >= 0.6 is 15.9 Å². The SMILES string of the molecule is O=C(COC(=O)c1ccc(Br)c([N+](=O)[O-])c1)NC1CCCCC1. The monoisotopic (exact) mass is 384 g/mol. The van der Waals surface area contributed by atoms with Crippen molar-refractivity contribution in [3.8, 4) is 0 Å². The van der Waals surface area contributed by atoms with Crippen molar-refractivity contribution in [3.05, 3.63) is 38.3 Å². The first-order valence-corrected chi connectivity index (χ1v) is 8.17. The highest BCUT2D eigenvalue weighted by atomic mass is 79.9. The minimum absolute atomic E-state index is 0.0327. The van der Waals surface area contributed by atoms with Gasteiger partial charge >= 0.3 is 5.97 Å². The van der Waals surface area contributed by atoms with Gasteiger partial charge in [-0.3, -0.25) is 14.9 Å². The van der Waals surface area contributed by atoms with Crippen molar-refractivity contribution in [2.45, 2.75) is 38.1 Å². The molecule has 1 amide bonds. The van der Waals surface area contributed by atoms with Gasteiger partial charge in [-0.25, -0.2) is 4.79 Å². The Morgan fingerprint density at radius 3 is 2.65 bits per heavy atom. The molecule has 0 atom stereocenters. The van der Waals surface area contributed by atoms with E-state index in [1.54, 1.807) is 0 Å². The quantitative estimate of drug-likeness (QED) is 0.477. The molecule has 1 aromatic rings. The lowest BCUT2D eigenvalue weighted by Gasteiger charge is -2.22. The highest BCUT2D eigenvalue weighted by Gasteiger charge is 2.19. The molecule has 1 N–H and O–H groups in total. The molecule has 124 valence electrons. The number of benzene rings is 1. The van der Waals surface area contributed by atoms with Crippen LogP contribution in [0, 0.1) is 10.1 Å². The molecule has 0 aliphatic heterocycles. The zero-order valence-corrected chi connectivity index (χ0v) is 14.0. The van der Waals surface area contributed by atoms with E-state index in [1.807, 2.05) is 0 Å². The zero-order valence-electron chi connectivity index (χ0n) is 12.4. The van der Waals surface area contributed by atoms with Crippen LogP contribution < -0.4 is 5.32 Å². The molecule has 0 unspecified atom stereocenters. The first-order chi connectivity index (χ1) is 11.0. The molecule has 1 aromatic carbocycles. The maximum Gasteiger partial charge on any atom is 0.338 e. The number of esters is 1. The van der Waals surface area contributed by atoms with E-state index >= 15 is 0 Å². The van der Waals surface area contributed by atoms with Gasteiger partial charge in [0, 0.05) is 12.1 Å². The van der Waals surface area contributed by atoms with Gasteiger partial charge in [0.15, 0.2) is 6.61 Å². The number of rotatable bonds is 5. The molecule has 1 aliphatic carbocycles. The average molecular weight is 385 g/mol. The van der Waals surface area contributed by atoms with E-state index in [4.69, 9.17) is 4.74 Å². The number of ether oxygens (including phenoxy) is 1. The number of nitrogens with zero attached hydrogens (tertiary/aromatic N) is 1. The summed E-state index contributed by atoms with van der Waals surface area (Å²) >= 11 is 3.04. The Kier molecular flexibility index (Phi) is 6.09. The van der Waals surface area contributed by atoms with Crippen molar-refractivity contribution in [1.82, 2.24) is 5.32 Å². The molecule has 0 aromatic heterocycles. The van der Waals surface area contributed by atoms with Crippen LogP contribution in [-0.2, 0) is 9.53 Å². The van der Waals surface area contributed by atoms with Crippen LogP contribution in [0.1, 0.15) is 42.5 Å². The standard InChI is InChI=1S/C15H17BrN2O5/c16-12-7-6-10(8-13(12)18(21)22)15(20)23-9-14(19)17-11-4-2-1-3-5-11/h6-8,11H,1-5,9H2,(H,17,19). The van der Waals surface area contributed by atoms with E-state index in [1.165, 1.54) is 18.6 Å². The Morgan fingerprint density at radius 2 is 2.00 bits per heavy atom. The van der Waals surface area contributed by atoms with Gasteiger partial charge in [0.25, 0.3) is 11.6 Å². The lowest BCUT2D eigenvalue weighted by molar-refractivity contribution is -0.385. The van der Waals surface area contributed by atoms with Crippen molar-refractivity contribution in [2.24, 2.45) is 0 Å². The third kappa shape index (κ3) is 5.02. The fourth-order valence-electron chi connectivity index (χ4n) is 2.51. The maximum atomic E-state index is 11.9. The van der Waals surface area contributed by atoms with Crippen LogP contribution in [-0.4, -0.2) is 29.4 Å². The first kappa shape index (κ1) is 17.4. The summed E-state index contributed by atoms with van der Waals surface area (Å²) in [5.74, 6) is -1.11. The molecule has 8 heteroatoms. The summed E-state index contributed by atoms with van der Waals surface area (Å²) in [4.78, 5) is 33.9. The smallest absolute Gasteiger partial charge is 0.338 e. The van der Waals surface area contributed by atoms with Crippen molar-refractivity contribution >= 4 is 33.5 Å². The lowest BCUT2D eigenvalue weighted by Crippen LogP contribution is -2.38. The summed E-state index contributed by atoms with van der Waals surface area (Å²) in [6, 6.07) is 4.06. The molecule has 0 radical (unpaired) electrons. The van der Waals surface area contributed by atoms with E-state index in [-0.39, 0.29) is 34.3 Å². The predicted molar refractivity (Wildman–Crippen MR) is 86.1 cm³/mol. The molecule has 2 rings (SSSR count). The maximum absolute atomic E-state index is 11.9. The fraction of sp³-hybridized carbons (Fsp3) is 0.467.